The van der Waals surface area contributed by atoms with Gasteiger partial charge in [-0.25, -0.2) is 8.42 Å². The SMILES string of the molecule is CN(C)CCN(C(=O)C(=O)Nc1ccc(Cl)cc1)C1CCS(=O)(=O)C1. The third-order valence-corrected chi connectivity index (χ3v) is 6.00. The summed E-state index contributed by atoms with van der Waals surface area (Å²) in [5.74, 6) is -1.56. The van der Waals surface area contributed by atoms with Crippen LogP contribution in [0.3, 0.4) is 0 Å². The Kier molecular flexibility index (Phi) is 6.42. The lowest BCUT2D eigenvalue weighted by Crippen LogP contribution is -2.48. The van der Waals surface area contributed by atoms with Crippen LogP contribution in [-0.4, -0.2) is 74.8 Å². The molecule has 0 radical (unpaired) electrons. The molecule has 0 aliphatic carbocycles. The first-order valence-electron chi connectivity index (χ1n) is 7.90. The van der Waals surface area contributed by atoms with Gasteiger partial charge < -0.3 is 15.1 Å². The normalized spacial score (nSPS) is 19.0. The summed E-state index contributed by atoms with van der Waals surface area (Å²) in [5.41, 5.74) is 0.453. The van der Waals surface area contributed by atoms with Crippen LogP contribution in [0.1, 0.15) is 6.42 Å². The Balaban J connectivity index is 2.10. The fraction of sp³-hybridized carbons (Fsp3) is 0.500. The first-order valence-corrected chi connectivity index (χ1v) is 10.1. The minimum absolute atomic E-state index is 0.0439. The summed E-state index contributed by atoms with van der Waals surface area (Å²) in [6.45, 7) is 0.830. The minimum atomic E-state index is -3.16. The van der Waals surface area contributed by atoms with Crippen molar-refractivity contribution in [2.45, 2.75) is 12.5 Å². The number of amides is 2. The number of carbonyl (C=O) groups excluding carboxylic acids is 2. The summed E-state index contributed by atoms with van der Waals surface area (Å²) in [5, 5.41) is 3.05. The summed E-state index contributed by atoms with van der Waals surface area (Å²) in [7, 11) is 0.542. The number of halogens is 1. The van der Waals surface area contributed by atoms with E-state index in [0.717, 1.165) is 0 Å². The predicted octanol–water partition coefficient (Wildman–Crippen LogP) is 0.856. The third-order valence-electron chi connectivity index (χ3n) is 3.99. The molecule has 1 aliphatic rings. The number of likely N-dealkylation sites (N-methyl/N-ethyl adjacent to an activating group) is 1. The number of anilines is 1. The van der Waals surface area contributed by atoms with Crippen molar-refractivity contribution in [2.75, 3.05) is 44.0 Å². The molecule has 1 aromatic rings. The quantitative estimate of drug-likeness (QED) is 0.757. The maximum Gasteiger partial charge on any atom is 0.313 e. The van der Waals surface area contributed by atoms with Crippen molar-refractivity contribution in [3.05, 3.63) is 29.3 Å². The third kappa shape index (κ3) is 5.69. The first kappa shape index (κ1) is 19.7. The number of rotatable bonds is 5. The Morgan fingerprint density at radius 1 is 1.20 bits per heavy atom. The van der Waals surface area contributed by atoms with Crippen molar-refractivity contribution in [3.8, 4) is 0 Å². The van der Waals surface area contributed by atoms with Crippen LogP contribution >= 0.6 is 11.6 Å². The highest BCUT2D eigenvalue weighted by molar-refractivity contribution is 7.91. The van der Waals surface area contributed by atoms with Crippen molar-refractivity contribution in [2.24, 2.45) is 0 Å². The van der Waals surface area contributed by atoms with E-state index in [1.165, 1.54) is 4.90 Å². The molecular weight excluding hydrogens is 366 g/mol. The van der Waals surface area contributed by atoms with Crippen molar-refractivity contribution < 1.29 is 18.0 Å². The van der Waals surface area contributed by atoms with E-state index in [4.69, 9.17) is 11.6 Å². The van der Waals surface area contributed by atoms with E-state index in [2.05, 4.69) is 5.32 Å². The highest BCUT2D eigenvalue weighted by atomic mass is 35.5. The van der Waals surface area contributed by atoms with Gasteiger partial charge in [-0.1, -0.05) is 11.6 Å². The summed E-state index contributed by atoms with van der Waals surface area (Å²) < 4.78 is 23.5. The molecule has 1 heterocycles. The van der Waals surface area contributed by atoms with Crippen LogP contribution in [0, 0.1) is 0 Å². The van der Waals surface area contributed by atoms with Gasteiger partial charge in [0.05, 0.1) is 11.5 Å². The van der Waals surface area contributed by atoms with Crippen LogP contribution in [0.5, 0.6) is 0 Å². The lowest BCUT2D eigenvalue weighted by Gasteiger charge is -2.28. The van der Waals surface area contributed by atoms with Crippen LogP contribution in [0.2, 0.25) is 5.02 Å². The standard InChI is InChI=1S/C16H22ClN3O4S/c1-19(2)8-9-20(14-7-10-25(23,24)11-14)16(22)15(21)18-13-5-3-12(17)4-6-13/h3-6,14H,7-11H2,1-2H3,(H,18,21). The molecule has 138 valence electrons. The van der Waals surface area contributed by atoms with Crippen molar-refractivity contribution in [1.82, 2.24) is 9.80 Å². The Bertz CT molecular complexity index is 734. The number of benzene rings is 1. The predicted molar refractivity (Wildman–Crippen MR) is 97.4 cm³/mol. The first-order chi connectivity index (χ1) is 11.7. The molecule has 1 aliphatic heterocycles. The van der Waals surface area contributed by atoms with Crippen LogP contribution < -0.4 is 5.32 Å². The van der Waals surface area contributed by atoms with E-state index in [-0.39, 0.29) is 11.5 Å². The zero-order valence-corrected chi connectivity index (χ0v) is 15.8. The lowest BCUT2D eigenvalue weighted by atomic mass is 10.2. The zero-order valence-electron chi connectivity index (χ0n) is 14.2. The number of nitrogens with one attached hydrogen (secondary N) is 1. The van der Waals surface area contributed by atoms with Crippen LogP contribution in [0.4, 0.5) is 5.69 Å². The molecule has 2 amide bonds. The number of sulfone groups is 1. The Morgan fingerprint density at radius 3 is 2.36 bits per heavy atom. The second kappa shape index (κ2) is 8.16. The van der Waals surface area contributed by atoms with Gasteiger partial charge in [-0.15, -0.1) is 0 Å². The van der Waals surface area contributed by atoms with Gasteiger partial charge in [0.2, 0.25) is 0 Å². The summed E-state index contributed by atoms with van der Waals surface area (Å²) in [6, 6.07) is 5.94. The van der Waals surface area contributed by atoms with Crippen molar-refractivity contribution in [3.63, 3.8) is 0 Å². The molecule has 0 saturated carbocycles. The molecule has 0 spiro atoms. The maximum atomic E-state index is 12.6. The average Bonchev–Trinajstić information content (AvgIpc) is 2.89. The Morgan fingerprint density at radius 2 is 1.84 bits per heavy atom. The minimum Gasteiger partial charge on any atom is -0.329 e. The van der Waals surface area contributed by atoms with E-state index in [9.17, 15) is 18.0 Å². The maximum absolute atomic E-state index is 12.6. The second-order valence-electron chi connectivity index (χ2n) is 6.32. The molecule has 1 atom stereocenters. The van der Waals surface area contributed by atoms with Crippen molar-refractivity contribution in [1.29, 1.82) is 0 Å². The second-order valence-corrected chi connectivity index (χ2v) is 8.98. The van der Waals surface area contributed by atoms with E-state index in [1.54, 1.807) is 24.3 Å². The van der Waals surface area contributed by atoms with E-state index in [1.807, 2.05) is 19.0 Å². The fourth-order valence-electron chi connectivity index (χ4n) is 2.63. The number of hydrogen-bond donors (Lipinski definition) is 1. The molecule has 25 heavy (non-hydrogen) atoms. The molecule has 7 nitrogen and oxygen atoms in total. The number of nitrogens with zero attached hydrogens (tertiary/aromatic N) is 2. The molecule has 1 saturated heterocycles. The lowest BCUT2D eigenvalue weighted by molar-refractivity contribution is -0.144. The van der Waals surface area contributed by atoms with Gasteiger partial charge in [-0.2, -0.15) is 0 Å². The molecule has 1 unspecified atom stereocenters. The largest absolute Gasteiger partial charge is 0.329 e. The van der Waals surface area contributed by atoms with Crippen LogP contribution in [0.15, 0.2) is 24.3 Å². The van der Waals surface area contributed by atoms with Gasteiger partial charge in [0, 0.05) is 29.8 Å². The molecule has 1 fully saturated rings. The molecule has 2 rings (SSSR count). The van der Waals surface area contributed by atoms with Crippen molar-refractivity contribution >= 4 is 38.9 Å². The summed E-state index contributed by atoms with van der Waals surface area (Å²) in [4.78, 5) is 28.1. The van der Waals surface area contributed by atoms with Gasteiger partial charge in [-0.05, 0) is 44.8 Å². The Labute approximate surface area is 152 Å². The van der Waals surface area contributed by atoms with E-state index >= 15 is 0 Å². The zero-order chi connectivity index (χ0) is 18.6. The van der Waals surface area contributed by atoms with E-state index in [0.29, 0.717) is 30.2 Å². The molecular formula is C16H22ClN3O4S. The Hall–Kier alpha value is -1.64. The van der Waals surface area contributed by atoms with Crippen LogP contribution in [-0.2, 0) is 19.4 Å². The molecule has 9 heteroatoms. The highest BCUT2D eigenvalue weighted by Gasteiger charge is 2.36. The fourth-order valence-corrected chi connectivity index (χ4v) is 4.48. The number of hydrogen-bond acceptors (Lipinski definition) is 5. The molecule has 0 aromatic heterocycles. The van der Waals surface area contributed by atoms with Gasteiger partial charge in [0.15, 0.2) is 9.84 Å². The summed E-state index contributed by atoms with van der Waals surface area (Å²) >= 11 is 5.80. The van der Waals surface area contributed by atoms with Gasteiger partial charge in [0.1, 0.15) is 0 Å². The van der Waals surface area contributed by atoms with E-state index < -0.39 is 27.7 Å². The molecule has 1 aromatic carbocycles. The number of carbonyl (C=O) groups is 2. The van der Waals surface area contributed by atoms with Crippen LogP contribution in [0.25, 0.3) is 0 Å². The monoisotopic (exact) mass is 387 g/mol. The topological polar surface area (TPSA) is 86.8 Å². The summed E-state index contributed by atoms with van der Waals surface area (Å²) in [6.07, 6.45) is 0.357. The smallest absolute Gasteiger partial charge is 0.313 e. The van der Waals surface area contributed by atoms with Gasteiger partial charge in [0.25, 0.3) is 0 Å². The molecule has 1 N–H and O–H groups in total. The molecule has 0 bridgehead atoms. The van der Waals surface area contributed by atoms with Gasteiger partial charge in [-0.3, -0.25) is 9.59 Å². The highest BCUT2D eigenvalue weighted by Crippen LogP contribution is 2.19. The van der Waals surface area contributed by atoms with Gasteiger partial charge >= 0.3 is 11.8 Å². The average molecular weight is 388 g/mol.